The molecule has 2 heterocycles. The third-order valence-electron chi connectivity index (χ3n) is 5.42. The van der Waals surface area contributed by atoms with Crippen molar-refractivity contribution in [2.75, 3.05) is 5.32 Å². The average molecular weight is 483 g/mol. The Morgan fingerprint density at radius 1 is 1.16 bits per heavy atom. The number of aromatic nitrogens is 2. The molecule has 0 radical (unpaired) electrons. The molecule has 168 valence electrons. The standard InChI is InChI=1S/C22H19Cl2F3N4O/c1-12(13-5-3-2-4-6-13)28-21(32)18-11-20-29-17(14-7-8-15(23)16(24)9-14)10-19(22(25,26)27)31(20)30-18/h2-9,11-12,17,19,29H,10H2,1H3,(H,28,32)/t12-,17-,19+/m0/s1. The maximum Gasteiger partial charge on any atom is 0.410 e. The number of halogens is 5. The molecule has 0 saturated heterocycles. The van der Waals surface area contributed by atoms with Gasteiger partial charge in [0.15, 0.2) is 11.7 Å². The van der Waals surface area contributed by atoms with E-state index < -0.39 is 24.2 Å². The van der Waals surface area contributed by atoms with Crippen LogP contribution in [0.5, 0.6) is 0 Å². The van der Waals surface area contributed by atoms with Gasteiger partial charge in [-0.05, 0) is 30.2 Å². The van der Waals surface area contributed by atoms with Crippen LogP contribution in [0.3, 0.4) is 0 Å². The van der Waals surface area contributed by atoms with Crippen molar-refractivity contribution in [3.8, 4) is 0 Å². The number of benzene rings is 2. The molecule has 0 aliphatic carbocycles. The summed E-state index contributed by atoms with van der Waals surface area (Å²) in [5.41, 5.74) is 1.33. The van der Waals surface area contributed by atoms with Crippen molar-refractivity contribution in [3.63, 3.8) is 0 Å². The number of alkyl halides is 3. The number of hydrogen-bond donors (Lipinski definition) is 2. The van der Waals surface area contributed by atoms with Crippen LogP contribution in [-0.4, -0.2) is 21.9 Å². The second-order valence-electron chi connectivity index (χ2n) is 7.63. The van der Waals surface area contributed by atoms with Crippen LogP contribution in [-0.2, 0) is 0 Å². The minimum atomic E-state index is -4.55. The van der Waals surface area contributed by atoms with Gasteiger partial charge < -0.3 is 10.6 Å². The van der Waals surface area contributed by atoms with Crippen LogP contribution in [0.1, 0.15) is 53.1 Å². The summed E-state index contributed by atoms with van der Waals surface area (Å²) in [5, 5.41) is 10.4. The van der Waals surface area contributed by atoms with Crippen molar-refractivity contribution < 1.29 is 18.0 Å². The Labute approximate surface area is 192 Å². The number of anilines is 1. The summed E-state index contributed by atoms with van der Waals surface area (Å²) >= 11 is 12.0. The van der Waals surface area contributed by atoms with Gasteiger partial charge in [0.05, 0.1) is 22.1 Å². The molecule has 2 aromatic carbocycles. The topological polar surface area (TPSA) is 59.0 Å². The molecule has 0 spiro atoms. The fraction of sp³-hybridized carbons (Fsp3) is 0.273. The summed E-state index contributed by atoms with van der Waals surface area (Å²) in [6.07, 6.45) is -4.86. The van der Waals surface area contributed by atoms with Gasteiger partial charge in [-0.25, -0.2) is 4.68 Å². The number of nitrogens with zero attached hydrogens (tertiary/aromatic N) is 2. The Bertz CT molecular complexity index is 1130. The van der Waals surface area contributed by atoms with E-state index in [9.17, 15) is 18.0 Å². The summed E-state index contributed by atoms with van der Waals surface area (Å²) in [7, 11) is 0. The Morgan fingerprint density at radius 2 is 1.88 bits per heavy atom. The molecule has 1 amide bonds. The molecule has 1 aliphatic rings. The van der Waals surface area contributed by atoms with E-state index in [2.05, 4.69) is 15.7 Å². The van der Waals surface area contributed by atoms with Crippen molar-refractivity contribution in [2.45, 2.75) is 37.6 Å². The number of fused-ring (bicyclic) bond motifs is 1. The highest BCUT2D eigenvalue weighted by molar-refractivity contribution is 6.42. The van der Waals surface area contributed by atoms with Crippen LogP contribution >= 0.6 is 23.2 Å². The maximum absolute atomic E-state index is 13.9. The monoisotopic (exact) mass is 482 g/mol. The first-order chi connectivity index (χ1) is 15.1. The highest BCUT2D eigenvalue weighted by atomic mass is 35.5. The van der Waals surface area contributed by atoms with Gasteiger partial charge in [0, 0.05) is 12.5 Å². The summed E-state index contributed by atoms with van der Waals surface area (Å²) < 4.78 is 42.4. The zero-order valence-corrected chi connectivity index (χ0v) is 18.3. The Hall–Kier alpha value is -2.71. The second kappa shape index (κ2) is 8.67. The molecular formula is C22H19Cl2F3N4O. The molecule has 4 rings (SSSR count). The van der Waals surface area contributed by atoms with E-state index in [-0.39, 0.29) is 29.0 Å². The second-order valence-corrected chi connectivity index (χ2v) is 8.44. The fourth-order valence-electron chi connectivity index (χ4n) is 3.73. The van der Waals surface area contributed by atoms with Gasteiger partial charge in [0.25, 0.3) is 5.91 Å². The number of carbonyl (C=O) groups is 1. The lowest BCUT2D eigenvalue weighted by Gasteiger charge is -2.33. The van der Waals surface area contributed by atoms with Crippen molar-refractivity contribution in [2.24, 2.45) is 0 Å². The van der Waals surface area contributed by atoms with E-state index in [4.69, 9.17) is 23.2 Å². The first kappa shape index (κ1) is 22.5. The van der Waals surface area contributed by atoms with Crippen molar-refractivity contribution in [1.82, 2.24) is 15.1 Å². The van der Waals surface area contributed by atoms with Crippen molar-refractivity contribution >= 4 is 34.9 Å². The summed E-state index contributed by atoms with van der Waals surface area (Å²) in [4.78, 5) is 12.7. The molecule has 0 fully saturated rings. The molecule has 3 aromatic rings. The van der Waals surface area contributed by atoms with Crippen molar-refractivity contribution in [3.05, 3.63) is 81.5 Å². The third-order valence-corrected chi connectivity index (χ3v) is 6.15. The smallest absolute Gasteiger partial charge is 0.363 e. The third kappa shape index (κ3) is 4.56. The zero-order chi connectivity index (χ0) is 23.0. The first-order valence-electron chi connectivity index (χ1n) is 9.87. The van der Waals surface area contributed by atoms with Gasteiger partial charge in [-0.3, -0.25) is 4.79 Å². The summed E-state index contributed by atoms with van der Waals surface area (Å²) in [6.45, 7) is 1.79. The number of amides is 1. The Balaban J connectivity index is 1.61. The predicted molar refractivity (Wildman–Crippen MR) is 117 cm³/mol. The quantitative estimate of drug-likeness (QED) is 0.455. The molecule has 1 aliphatic heterocycles. The van der Waals surface area contributed by atoms with E-state index in [1.54, 1.807) is 19.1 Å². The van der Waals surface area contributed by atoms with Gasteiger partial charge in [0.1, 0.15) is 5.82 Å². The highest BCUT2D eigenvalue weighted by Crippen LogP contribution is 2.44. The normalized spacial score (nSPS) is 19.1. The number of carbonyl (C=O) groups excluding carboxylic acids is 1. The minimum Gasteiger partial charge on any atom is -0.363 e. The fourth-order valence-corrected chi connectivity index (χ4v) is 4.03. The molecule has 32 heavy (non-hydrogen) atoms. The molecule has 0 saturated carbocycles. The minimum absolute atomic E-state index is 0.0979. The van der Waals surface area contributed by atoms with Gasteiger partial charge in [-0.2, -0.15) is 18.3 Å². The number of hydrogen-bond acceptors (Lipinski definition) is 3. The zero-order valence-electron chi connectivity index (χ0n) is 16.8. The van der Waals surface area contributed by atoms with Gasteiger partial charge in [-0.15, -0.1) is 0 Å². The summed E-state index contributed by atoms with van der Waals surface area (Å²) in [5.74, 6) is -0.454. The molecule has 2 N–H and O–H groups in total. The van der Waals surface area contributed by atoms with Crippen LogP contribution in [0.15, 0.2) is 54.6 Å². The van der Waals surface area contributed by atoms with Crippen LogP contribution in [0, 0.1) is 0 Å². The number of rotatable bonds is 4. The lowest BCUT2D eigenvalue weighted by atomic mass is 9.97. The Kier molecular flexibility index (Phi) is 6.09. The van der Waals surface area contributed by atoms with E-state index in [1.165, 1.54) is 12.1 Å². The van der Waals surface area contributed by atoms with Gasteiger partial charge >= 0.3 is 6.18 Å². The average Bonchev–Trinajstić information content (AvgIpc) is 3.19. The lowest BCUT2D eigenvalue weighted by molar-refractivity contribution is -0.173. The SMILES string of the molecule is C[C@H](NC(=O)c1cc2n(n1)[C@@H](C(F)(F)F)C[C@@H](c1ccc(Cl)c(Cl)c1)N2)c1ccccc1. The van der Waals surface area contributed by atoms with Crippen LogP contribution in [0.25, 0.3) is 0 Å². The molecule has 1 aromatic heterocycles. The lowest BCUT2D eigenvalue weighted by Crippen LogP contribution is -2.36. The van der Waals surface area contributed by atoms with Crippen LogP contribution < -0.4 is 10.6 Å². The van der Waals surface area contributed by atoms with Gasteiger partial charge in [-0.1, -0.05) is 59.6 Å². The van der Waals surface area contributed by atoms with Gasteiger partial charge in [0.2, 0.25) is 0 Å². The molecule has 0 bridgehead atoms. The molecular weight excluding hydrogens is 464 g/mol. The predicted octanol–water partition coefficient (Wildman–Crippen LogP) is 6.34. The Morgan fingerprint density at radius 3 is 2.53 bits per heavy atom. The van der Waals surface area contributed by atoms with E-state index in [0.717, 1.165) is 10.2 Å². The van der Waals surface area contributed by atoms with Crippen LogP contribution in [0.4, 0.5) is 19.0 Å². The van der Waals surface area contributed by atoms with Crippen LogP contribution in [0.2, 0.25) is 10.0 Å². The van der Waals surface area contributed by atoms with Crippen molar-refractivity contribution in [1.29, 1.82) is 0 Å². The van der Waals surface area contributed by atoms with E-state index in [0.29, 0.717) is 10.6 Å². The highest BCUT2D eigenvalue weighted by Gasteiger charge is 2.46. The van der Waals surface area contributed by atoms with E-state index >= 15 is 0 Å². The largest absolute Gasteiger partial charge is 0.410 e. The van der Waals surface area contributed by atoms with E-state index in [1.807, 2.05) is 30.3 Å². The maximum atomic E-state index is 13.9. The molecule has 10 heteroatoms. The summed E-state index contributed by atoms with van der Waals surface area (Å²) in [6, 6.07) is 12.4. The molecule has 0 unspecified atom stereocenters. The molecule has 5 nitrogen and oxygen atoms in total. The number of nitrogens with one attached hydrogen (secondary N) is 2. The first-order valence-corrected chi connectivity index (χ1v) is 10.6. The molecule has 3 atom stereocenters.